The van der Waals surface area contributed by atoms with E-state index in [0.29, 0.717) is 23.4 Å². The summed E-state index contributed by atoms with van der Waals surface area (Å²) < 4.78 is 20.9. The fourth-order valence-corrected chi connectivity index (χ4v) is 4.63. The van der Waals surface area contributed by atoms with Crippen LogP contribution >= 0.6 is 0 Å². The molecule has 10 heteroatoms. The van der Waals surface area contributed by atoms with Crippen LogP contribution in [0.1, 0.15) is 39.8 Å². The molecule has 1 aliphatic rings. The molecule has 0 spiro atoms. The molecule has 0 saturated carbocycles. The summed E-state index contributed by atoms with van der Waals surface area (Å²) in [5, 5.41) is 10.7. The van der Waals surface area contributed by atoms with Crippen LogP contribution in [0.2, 0.25) is 0 Å². The number of methoxy groups -OCH3 is 3. The Morgan fingerprint density at radius 3 is 2.21 bits per heavy atom. The van der Waals surface area contributed by atoms with E-state index in [2.05, 4.69) is 9.80 Å². The van der Waals surface area contributed by atoms with E-state index in [9.17, 15) is 19.5 Å². The zero-order chi connectivity index (χ0) is 27.9. The number of benzene rings is 2. The van der Waals surface area contributed by atoms with Crippen molar-refractivity contribution in [3.05, 3.63) is 87.5 Å². The van der Waals surface area contributed by atoms with Crippen molar-refractivity contribution in [2.45, 2.75) is 18.9 Å². The highest BCUT2D eigenvalue weighted by atomic mass is 16.5. The Labute approximate surface area is 226 Å². The van der Waals surface area contributed by atoms with Gasteiger partial charge in [-0.05, 0) is 42.0 Å². The number of anilines is 1. The fourth-order valence-electron chi connectivity index (χ4n) is 4.63. The van der Waals surface area contributed by atoms with E-state index in [4.69, 9.17) is 18.6 Å². The third-order valence-electron chi connectivity index (χ3n) is 6.84. The smallest absolute Gasteiger partial charge is 0.337 e. The molecule has 1 aliphatic heterocycles. The Bertz CT molecular complexity index is 1340. The lowest BCUT2D eigenvalue weighted by Crippen LogP contribution is -2.46. The van der Waals surface area contributed by atoms with Crippen molar-refractivity contribution in [1.29, 1.82) is 0 Å². The summed E-state index contributed by atoms with van der Waals surface area (Å²) in [5.74, 6) is -1.25. The molecule has 3 aromatic rings. The van der Waals surface area contributed by atoms with Gasteiger partial charge in [0, 0.05) is 37.9 Å². The monoisotopic (exact) mass is 536 g/mol. The number of esters is 2. The number of hydrogen-bond acceptors (Lipinski definition) is 10. The molecule has 0 unspecified atom stereocenters. The van der Waals surface area contributed by atoms with Crippen molar-refractivity contribution in [3.63, 3.8) is 0 Å². The minimum atomic E-state index is -0.802. The van der Waals surface area contributed by atoms with Gasteiger partial charge in [-0.25, -0.2) is 4.79 Å². The SMILES string of the molecule is COC(=O)C[C@@H](c1ccc(C(=O)OC)cc1)c1oc(CN2CCN(c3ccc(OC)cc3)CC2)cc(=O)c1O. The van der Waals surface area contributed by atoms with Crippen LogP contribution in [0.15, 0.2) is 63.8 Å². The normalized spacial score (nSPS) is 14.5. The minimum absolute atomic E-state index is 0.0226. The van der Waals surface area contributed by atoms with Crippen molar-refractivity contribution in [2.24, 2.45) is 0 Å². The standard InChI is InChI=1S/C29H32N2O8/c1-36-22-10-8-21(9-11-22)31-14-12-30(13-15-31)18-23-16-25(32)27(34)28(39-23)24(17-26(33)37-2)19-4-6-20(7-5-19)29(35)38-3/h4-11,16,24,34H,12-15,17-18H2,1-3H3/t24-/m0/s1. The molecule has 0 bridgehead atoms. The predicted octanol–water partition coefficient (Wildman–Crippen LogP) is 3.16. The molecule has 1 aromatic heterocycles. The zero-order valence-electron chi connectivity index (χ0n) is 22.2. The second-order valence-electron chi connectivity index (χ2n) is 9.20. The summed E-state index contributed by atoms with van der Waals surface area (Å²) in [4.78, 5) is 41.3. The van der Waals surface area contributed by atoms with Gasteiger partial charge < -0.3 is 28.6 Å². The molecule has 4 rings (SSSR count). The maximum Gasteiger partial charge on any atom is 0.337 e. The molecule has 0 aliphatic carbocycles. The van der Waals surface area contributed by atoms with Gasteiger partial charge in [-0.3, -0.25) is 14.5 Å². The van der Waals surface area contributed by atoms with Crippen molar-refractivity contribution in [2.75, 3.05) is 52.4 Å². The van der Waals surface area contributed by atoms with Crippen molar-refractivity contribution < 1.29 is 33.3 Å². The van der Waals surface area contributed by atoms with E-state index in [1.165, 1.54) is 20.3 Å². The van der Waals surface area contributed by atoms with Crippen molar-refractivity contribution in [1.82, 2.24) is 4.90 Å². The number of hydrogen-bond donors (Lipinski definition) is 1. The summed E-state index contributed by atoms with van der Waals surface area (Å²) in [5.41, 5.74) is 1.41. The maximum absolute atomic E-state index is 12.7. The Balaban J connectivity index is 1.54. The lowest BCUT2D eigenvalue weighted by molar-refractivity contribution is -0.140. The number of carbonyl (C=O) groups excluding carboxylic acids is 2. The molecule has 2 heterocycles. The van der Waals surface area contributed by atoms with Gasteiger partial charge in [-0.2, -0.15) is 0 Å². The molecular weight excluding hydrogens is 504 g/mol. The molecule has 1 fully saturated rings. The third kappa shape index (κ3) is 6.58. The number of rotatable bonds is 9. The van der Waals surface area contributed by atoms with Crippen LogP contribution in [0.25, 0.3) is 0 Å². The number of ether oxygens (including phenoxy) is 3. The summed E-state index contributed by atoms with van der Waals surface area (Å²) >= 11 is 0. The lowest BCUT2D eigenvalue weighted by Gasteiger charge is -2.36. The third-order valence-corrected chi connectivity index (χ3v) is 6.84. The van der Waals surface area contributed by atoms with Gasteiger partial charge in [0.25, 0.3) is 0 Å². The zero-order valence-corrected chi connectivity index (χ0v) is 22.2. The number of piperazine rings is 1. The van der Waals surface area contributed by atoms with Crippen LogP contribution in [0.5, 0.6) is 11.5 Å². The lowest BCUT2D eigenvalue weighted by atomic mass is 9.91. The van der Waals surface area contributed by atoms with Gasteiger partial charge in [-0.1, -0.05) is 12.1 Å². The summed E-state index contributed by atoms with van der Waals surface area (Å²) in [6, 6.07) is 15.6. The highest BCUT2D eigenvalue weighted by Crippen LogP contribution is 2.34. The van der Waals surface area contributed by atoms with E-state index in [0.717, 1.165) is 37.6 Å². The van der Waals surface area contributed by atoms with Crippen LogP contribution in [-0.4, -0.2) is 69.5 Å². The molecule has 1 N–H and O–H groups in total. The second kappa shape index (κ2) is 12.5. The summed E-state index contributed by atoms with van der Waals surface area (Å²) in [6.07, 6.45) is -0.172. The molecule has 1 saturated heterocycles. The Kier molecular flexibility index (Phi) is 8.88. The molecule has 1 atom stereocenters. The highest BCUT2D eigenvalue weighted by Gasteiger charge is 2.28. The van der Waals surface area contributed by atoms with E-state index >= 15 is 0 Å². The average Bonchev–Trinajstić information content (AvgIpc) is 2.97. The first-order valence-electron chi connectivity index (χ1n) is 12.5. The minimum Gasteiger partial charge on any atom is -0.502 e. The Hall–Kier alpha value is -4.31. The molecule has 39 heavy (non-hydrogen) atoms. The van der Waals surface area contributed by atoms with Crippen LogP contribution in [0.3, 0.4) is 0 Å². The first-order chi connectivity index (χ1) is 18.8. The van der Waals surface area contributed by atoms with Gasteiger partial charge in [0.1, 0.15) is 11.5 Å². The number of nitrogens with zero attached hydrogens (tertiary/aromatic N) is 2. The van der Waals surface area contributed by atoms with Crippen LogP contribution < -0.4 is 15.1 Å². The first-order valence-corrected chi connectivity index (χ1v) is 12.5. The van der Waals surface area contributed by atoms with E-state index in [1.54, 1.807) is 31.4 Å². The Morgan fingerprint density at radius 2 is 1.62 bits per heavy atom. The number of aromatic hydroxyl groups is 1. The van der Waals surface area contributed by atoms with E-state index in [-0.39, 0.29) is 12.2 Å². The topological polar surface area (TPSA) is 119 Å². The van der Waals surface area contributed by atoms with Crippen molar-refractivity contribution in [3.8, 4) is 11.5 Å². The largest absolute Gasteiger partial charge is 0.502 e. The van der Waals surface area contributed by atoms with Crippen LogP contribution in [0, 0.1) is 0 Å². The molecule has 0 amide bonds. The fraction of sp³-hybridized carbons (Fsp3) is 0.345. The molecule has 0 radical (unpaired) electrons. The van der Waals surface area contributed by atoms with Crippen LogP contribution in [0.4, 0.5) is 5.69 Å². The van der Waals surface area contributed by atoms with Crippen LogP contribution in [-0.2, 0) is 20.8 Å². The molecule has 10 nitrogen and oxygen atoms in total. The maximum atomic E-state index is 12.7. The quantitative estimate of drug-likeness (QED) is 0.409. The van der Waals surface area contributed by atoms with Gasteiger partial charge in [0.2, 0.25) is 11.2 Å². The van der Waals surface area contributed by atoms with Gasteiger partial charge in [0.15, 0.2) is 5.76 Å². The Morgan fingerprint density at radius 1 is 0.949 bits per heavy atom. The van der Waals surface area contributed by atoms with E-state index in [1.807, 2.05) is 24.3 Å². The summed E-state index contributed by atoms with van der Waals surface area (Å²) in [6.45, 7) is 3.43. The summed E-state index contributed by atoms with van der Waals surface area (Å²) in [7, 11) is 4.19. The van der Waals surface area contributed by atoms with Crippen molar-refractivity contribution >= 4 is 17.6 Å². The predicted molar refractivity (Wildman–Crippen MR) is 143 cm³/mol. The van der Waals surface area contributed by atoms with Gasteiger partial charge in [-0.15, -0.1) is 0 Å². The molecule has 2 aromatic carbocycles. The number of carbonyl (C=O) groups is 2. The highest BCUT2D eigenvalue weighted by molar-refractivity contribution is 5.89. The molecular formula is C29H32N2O8. The average molecular weight is 537 g/mol. The first kappa shape index (κ1) is 27.7. The molecule has 206 valence electrons. The van der Waals surface area contributed by atoms with E-state index < -0.39 is 29.0 Å². The second-order valence-corrected chi connectivity index (χ2v) is 9.20. The van der Waals surface area contributed by atoms with Gasteiger partial charge in [0.05, 0.1) is 45.8 Å². The van der Waals surface area contributed by atoms with Gasteiger partial charge >= 0.3 is 11.9 Å².